The van der Waals surface area contributed by atoms with E-state index in [0.717, 1.165) is 41.6 Å². The van der Waals surface area contributed by atoms with Crippen LogP contribution in [0.4, 0.5) is 29.1 Å². The molecule has 184 valence electrons. The lowest BCUT2D eigenvalue weighted by Crippen LogP contribution is -2.49. The van der Waals surface area contributed by atoms with Gasteiger partial charge in [0.15, 0.2) is 11.6 Å². The molecular formula is C21H29Cl3N10. The summed E-state index contributed by atoms with van der Waals surface area (Å²) in [5.41, 5.74) is 2.88. The molecule has 1 atom stereocenters. The Morgan fingerprint density at radius 3 is 2.59 bits per heavy atom. The molecule has 1 saturated heterocycles. The number of nitrogens with zero attached hydrogens (tertiary/aromatic N) is 7. The summed E-state index contributed by atoms with van der Waals surface area (Å²) in [7, 11) is 1.78. The maximum absolute atomic E-state index is 6.48. The van der Waals surface area contributed by atoms with Crippen LogP contribution in [0.25, 0.3) is 0 Å². The second-order valence-electron chi connectivity index (χ2n) is 8.47. The SMILES string of the molecule is Cc1nc(Nc2ncc(N3CCNC(C)C3)c(Nc3cnn(C)n3)n2)cc(C2CC2)c1Cl.Cl.Cl. The van der Waals surface area contributed by atoms with Crippen LogP contribution in [-0.4, -0.2) is 55.6 Å². The summed E-state index contributed by atoms with van der Waals surface area (Å²) in [6, 6.07) is 2.39. The largest absolute Gasteiger partial charge is 0.364 e. The van der Waals surface area contributed by atoms with Crippen molar-refractivity contribution in [2.45, 2.75) is 38.6 Å². The number of hydrogen-bond donors (Lipinski definition) is 3. The summed E-state index contributed by atoms with van der Waals surface area (Å²) in [6.07, 6.45) is 5.86. The van der Waals surface area contributed by atoms with Crippen LogP contribution in [0, 0.1) is 6.92 Å². The summed E-state index contributed by atoms with van der Waals surface area (Å²) in [5, 5.41) is 19.3. The van der Waals surface area contributed by atoms with Gasteiger partial charge in [-0.3, -0.25) is 0 Å². The fourth-order valence-electron chi connectivity index (χ4n) is 3.99. The molecule has 2 aliphatic rings. The highest BCUT2D eigenvalue weighted by atomic mass is 35.5. The Bertz CT molecular complexity index is 1130. The molecule has 1 saturated carbocycles. The number of rotatable bonds is 6. The van der Waals surface area contributed by atoms with Crippen molar-refractivity contribution in [3.63, 3.8) is 0 Å². The third-order valence-electron chi connectivity index (χ3n) is 5.73. The molecule has 3 aromatic rings. The molecule has 4 heterocycles. The normalized spacial score (nSPS) is 17.5. The zero-order valence-corrected chi connectivity index (χ0v) is 21.6. The topological polar surface area (TPSA) is 109 Å². The standard InChI is InChI=1S/C21H27ClN10.2ClH/c1-12-11-32(7-6-23-12)16-9-24-21(29-20(16)27-18-10-25-31(3)30-18)28-17-8-15(14-4-5-14)19(22)13(2)26-17;;/h8-10,12,14,23H,4-7,11H2,1-3H3,(H2,24,26,27,28,29,30);2*1H. The van der Waals surface area contributed by atoms with E-state index >= 15 is 0 Å². The molecule has 13 heteroatoms. The Balaban J connectivity index is 0.00000162. The van der Waals surface area contributed by atoms with Crippen LogP contribution >= 0.6 is 36.4 Å². The molecule has 0 radical (unpaired) electrons. The fraction of sp³-hybridized carbons (Fsp3) is 0.476. The number of hydrogen-bond acceptors (Lipinski definition) is 9. The highest BCUT2D eigenvalue weighted by Crippen LogP contribution is 2.44. The van der Waals surface area contributed by atoms with Crippen LogP contribution in [0.3, 0.4) is 0 Å². The number of anilines is 5. The first-order valence-electron chi connectivity index (χ1n) is 10.9. The van der Waals surface area contributed by atoms with Gasteiger partial charge in [-0.1, -0.05) is 11.6 Å². The maximum Gasteiger partial charge on any atom is 0.230 e. The monoisotopic (exact) mass is 526 g/mol. The van der Waals surface area contributed by atoms with Crippen LogP contribution in [0.2, 0.25) is 5.02 Å². The van der Waals surface area contributed by atoms with Crippen molar-refractivity contribution in [1.82, 2.24) is 35.3 Å². The van der Waals surface area contributed by atoms with Crippen LogP contribution in [0.15, 0.2) is 18.5 Å². The number of halogens is 3. The van der Waals surface area contributed by atoms with Gasteiger partial charge >= 0.3 is 0 Å². The summed E-state index contributed by atoms with van der Waals surface area (Å²) < 4.78 is 0. The van der Waals surface area contributed by atoms with E-state index in [1.54, 1.807) is 13.2 Å². The molecule has 1 aliphatic heterocycles. The van der Waals surface area contributed by atoms with E-state index in [-0.39, 0.29) is 24.8 Å². The number of pyridine rings is 1. The van der Waals surface area contributed by atoms with Gasteiger partial charge in [-0.15, -0.1) is 29.9 Å². The first kappa shape index (κ1) is 26.2. The molecule has 34 heavy (non-hydrogen) atoms. The molecule has 0 spiro atoms. The zero-order valence-electron chi connectivity index (χ0n) is 19.2. The smallest absolute Gasteiger partial charge is 0.230 e. The van der Waals surface area contributed by atoms with Crippen LogP contribution in [-0.2, 0) is 7.05 Å². The Morgan fingerprint density at radius 1 is 1.12 bits per heavy atom. The van der Waals surface area contributed by atoms with Crippen molar-refractivity contribution in [2.75, 3.05) is 35.2 Å². The maximum atomic E-state index is 6.48. The zero-order chi connectivity index (χ0) is 22.2. The van der Waals surface area contributed by atoms with Gasteiger partial charge in [-0.25, -0.2) is 9.97 Å². The van der Waals surface area contributed by atoms with Crippen molar-refractivity contribution in [2.24, 2.45) is 7.05 Å². The summed E-state index contributed by atoms with van der Waals surface area (Å²) in [4.78, 5) is 17.7. The predicted octanol–water partition coefficient (Wildman–Crippen LogP) is 3.97. The quantitative estimate of drug-likeness (QED) is 0.439. The molecule has 0 aromatic carbocycles. The molecule has 3 N–H and O–H groups in total. The molecule has 0 bridgehead atoms. The Morgan fingerprint density at radius 2 is 1.91 bits per heavy atom. The minimum absolute atomic E-state index is 0. The van der Waals surface area contributed by atoms with Crippen LogP contribution in [0.1, 0.15) is 36.9 Å². The lowest BCUT2D eigenvalue weighted by molar-refractivity contribution is 0.484. The highest BCUT2D eigenvalue weighted by molar-refractivity contribution is 6.32. The average Bonchev–Trinajstić information content (AvgIpc) is 3.52. The average molecular weight is 528 g/mol. The Labute approximate surface area is 216 Å². The molecule has 1 unspecified atom stereocenters. The van der Waals surface area contributed by atoms with Crippen LogP contribution < -0.4 is 20.9 Å². The number of aryl methyl sites for hydroxylation is 2. The van der Waals surface area contributed by atoms with E-state index < -0.39 is 0 Å². The van der Waals surface area contributed by atoms with Gasteiger partial charge in [0.05, 0.1) is 28.8 Å². The van der Waals surface area contributed by atoms with E-state index in [0.29, 0.717) is 35.4 Å². The second-order valence-corrected chi connectivity index (χ2v) is 8.85. The minimum Gasteiger partial charge on any atom is -0.364 e. The van der Waals surface area contributed by atoms with Crippen molar-refractivity contribution >= 4 is 65.5 Å². The molecule has 10 nitrogen and oxygen atoms in total. The van der Waals surface area contributed by atoms with Gasteiger partial charge < -0.3 is 20.9 Å². The summed E-state index contributed by atoms with van der Waals surface area (Å²) >= 11 is 6.48. The molecular weight excluding hydrogens is 499 g/mol. The van der Waals surface area contributed by atoms with Crippen molar-refractivity contribution in [3.05, 3.63) is 34.7 Å². The third kappa shape index (κ3) is 5.80. The van der Waals surface area contributed by atoms with E-state index in [1.807, 2.05) is 19.2 Å². The molecule has 5 rings (SSSR count). The lowest BCUT2D eigenvalue weighted by atomic mass is 10.1. The van der Waals surface area contributed by atoms with E-state index in [9.17, 15) is 0 Å². The fourth-order valence-corrected chi connectivity index (χ4v) is 4.24. The van der Waals surface area contributed by atoms with Gasteiger partial charge in [0.25, 0.3) is 0 Å². The molecule has 3 aromatic heterocycles. The summed E-state index contributed by atoms with van der Waals surface area (Å²) in [5.74, 6) is 2.97. The second kappa shape index (κ2) is 10.9. The minimum atomic E-state index is 0. The number of piperazine rings is 1. The van der Waals surface area contributed by atoms with E-state index in [1.165, 1.54) is 17.6 Å². The third-order valence-corrected chi connectivity index (χ3v) is 6.23. The Kier molecular flexibility index (Phi) is 8.40. The first-order chi connectivity index (χ1) is 15.5. The van der Waals surface area contributed by atoms with Crippen molar-refractivity contribution in [3.8, 4) is 0 Å². The Hall–Kier alpha value is -2.40. The molecule has 1 aliphatic carbocycles. The van der Waals surface area contributed by atoms with Gasteiger partial charge in [0, 0.05) is 32.7 Å². The molecule has 0 amide bonds. The molecule has 2 fully saturated rings. The lowest BCUT2D eigenvalue weighted by Gasteiger charge is -2.34. The van der Waals surface area contributed by atoms with E-state index in [2.05, 4.69) is 47.9 Å². The van der Waals surface area contributed by atoms with Crippen molar-refractivity contribution < 1.29 is 0 Å². The van der Waals surface area contributed by atoms with Crippen LogP contribution in [0.5, 0.6) is 0 Å². The number of nitrogens with one attached hydrogen (secondary N) is 3. The highest BCUT2D eigenvalue weighted by Gasteiger charge is 2.27. The van der Waals surface area contributed by atoms with Gasteiger partial charge in [-0.05, 0) is 44.2 Å². The van der Waals surface area contributed by atoms with Gasteiger partial charge in [-0.2, -0.15) is 14.9 Å². The van der Waals surface area contributed by atoms with E-state index in [4.69, 9.17) is 16.6 Å². The summed E-state index contributed by atoms with van der Waals surface area (Å²) in [6.45, 7) is 6.75. The number of aromatic nitrogens is 6. The predicted molar refractivity (Wildman–Crippen MR) is 140 cm³/mol. The van der Waals surface area contributed by atoms with Crippen molar-refractivity contribution in [1.29, 1.82) is 0 Å². The van der Waals surface area contributed by atoms with Gasteiger partial charge in [0.1, 0.15) is 5.82 Å². The van der Waals surface area contributed by atoms with Gasteiger partial charge in [0.2, 0.25) is 5.95 Å². The first-order valence-corrected chi connectivity index (χ1v) is 11.3.